The molecule has 4 unspecified atom stereocenters. The Balaban J connectivity index is 1.69. The molecule has 1 aromatic rings. The fourth-order valence-corrected chi connectivity index (χ4v) is 4.16. The van der Waals surface area contributed by atoms with Crippen LogP contribution < -0.4 is 10.1 Å². The summed E-state index contributed by atoms with van der Waals surface area (Å²) >= 11 is 0. The van der Waals surface area contributed by atoms with Gasteiger partial charge in [0.2, 0.25) is 0 Å². The lowest BCUT2D eigenvalue weighted by molar-refractivity contribution is 0.111. The standard InChI is InChI=1S/C18H27NO/c1-3-13-7-6-9-15(11-13)18(19-2)17-12-14-8-4-5-10-16(14)20-17/h4-5,8,10,13,15,17-19H,3,6-7,9,11-12H2,1-2H3. The highest BCUT2D eigenvalue weighted by molar-refractivity contribution is 5.37. The zero-order valence-electron chi connectivity index (χ0n) is 12.8. The van der Waals surface area contributed by atoms with Crippen LogP contribution in [0.15, 0.2) is 24.3 Å². The summed E-state index contributed by atoms with van der Waals surface area (Å²) in [7, 11) is 2.10. The first-order valence-electron chi connectivity index (χ1n) is 8.23. The van der Waals surface area contributed by atoms with Crippen LogP contribution in [0.3, 0.4) is 0 Å². The summed E-state index contributed by atoms with van der Waals surface area (Å²) in [6.07, 6.45) is 8.26. The van der Waals surface area contributed by atoms with Gasteiger partial charge in [0.05, 0.1) is 0 Å². The van der Waals surface area contributed by atoms with Gasteiger partial charge in [-0.1, -0.05) is 44.4 Å². The first-order chi connectivity index (χ1) is 9.81. The van der Waals surface area contributed by atoms with Crippen LogP contribution in [0.2, 0.25) is 0 Å². The minimum Gasteiger partial charge on any atom is -0.488 e. The van der Waals surface area contributed by atoms with Crippen LogP contribution in [-0.4, -0.2) is 19.2 Å². The maximum Gasteiger partial charge on any atom is 0.123 e. The number of hydrogen-bond acceptors (Lipinski definition) is 2. The molecule has 2 aliphatic rings. The van der Waals surface area contributed by atoms with Crippen molar-refractivity contribution in [3.63, 3.8) is 0 Å². The fourth-order valence-electron chi connectivity index (χ4n) is 4.16. The van der Waals surface area contributed by atoms with Crippen LogP contribution in [-0.2, 0) is 6.42 Å². The molecule has 0 spiro atoms. The Labute approximate surface area is 122 Å². The van der Waals surface area contributed by atoms with E-state index in [1.54, 1.807) is 0 Å². The summed E-state index contributed by atoms with van der Waals surface area (Å²) in [5.41, 5.74) is 1.38. The van der Waals surface area contributed by atoms with Gasteiger partial charge in [-0.2, -0.15) is 0 Å². The van der Waals surface area contributed by atoms with E-state index in [0.717, 1.165) is 24.0 Å². The van der Waals surface area contributed by atoms with Gasteiger partial charge in [0.1, 0.15) is 11.9 Å². The monoisotopic (exact) mass is 273 g/mol. The lowest BCUT2D eigenvalue weighted by Gasteiger charge is -2.36. The second kappa shape index (κ2) is 6.17. The SMILES string of the molecule is CCC1CCCC(C(NC)C2Cc3ccccc3O2)C1. The summed E-state index contributed by atoms with van der Waals surface area (Å²) in [5, 5.41) is 3.57. The van der Waals surface area contributed by atoms with E-state index >= 15 is 0 Å². The van der Waals surface area contributed by atoms with Crippen molar-refractivity contribution >= 4 is 0 Å². The maximum atomic E-state index is 6.22. The van der Waals surface area contributed by atoms with Crippen molar-refractivity contribution in [3.8, 4) is 5.75 Å². The van der Waals surface area contributed by atoms with Gasteiger partial charge in [-0.15, -0.1) is 0 Å². The Morgan fingerprint density at radius 1 is 1.30 bits per heavy atom. The molecular formula is C18H27NO. The van der Waals surface area contributed by atoms with Gasteiger partial charge in [0.15, 0.2) is 0 Å². The van der Waals surface area contributed by atoms with Crippen molar-refractivity contribution in [2.24, 2.45) is 11.8 Å². The largest absolute Gasteiger partial charge is 0.488 e. The van der Waals surface area contributed by atoms with Gasteiger partial charge in [-0.25, -0.2) is 0 Å². The van der Waals surface area contributed by atoms with Gasteiger partial charge in [-0.3, -0.25) is 0 Å². The molecule has 2 heteroatoms. The zero-order chi connectivity index (χ0) is 13.9. The molecule has 110 valence electrons. The molecule has 1 aliphatic carbocycles. The van der Waals surface area contributed by atoms with Crippen LogP contribution in [0.25, 0.3) is 0 Å². The number of benzene rings is 1. The number of likely N-dealkylation sites (N-methyl/N-ethyl adjacent to an activating group) is 1. The van der Waals surface area contributed by atoms with Crippen LogP contribution in [0, 0.1) is 11.8 Å². The van der Waals surface area contributed by atoms with Crippen LogP contribution >= 0.6 is 0 Å². The molecule has 1 heterocycles. The van der Waals surface area contributed by atoms with Crippen LogP contribution in [0.1, 0.15) is 44.6 Å². The molecule has 1 aliphatic heterocycles. The number of fused-ring (bicyclic) bond motifs is 1. The summed E-state index contributed by atoms with van der Waals surface area (Å²) in [6, 6.07) is 9.00. The molecule has 2 nitrogen and oxygen atoms in total. The molecule has 0 amide bonds. The summed E-state index contributed by atoms with van der Waals surface area (Å²) in [6.45, 7) is 2.34. The van der Waals surface area contributed by atoms with Gasteiger partial charge in [0.25, 0.3) is 0 Å². The topological polar surface area (TPSA) is 21.3 Å². The van der Waals surface area contributed by atoms with Crippen molar-refractivity contribution in [3.05, 3.63) is 29.8 Å². The van der Waals surface area contributed by atoms with Crippen molar-refractivity contribution in [1.29, 1.82) is 0 Å². The third-order valence-electron chi connectivity index (χ3n) is 5.31. The summed E-state index contributed by atoms with van der Waals surface area (Å²) in [5.74, 6) is 2.80. The highest BCUT2D eigenvalue weighted by Gasteiger charge is 2.36. The van der Waals surface area contributed by atoms with E-state index in [1.807, 2.05) is 0 Å². The third-order valence-corrected chi connectivity index (χ3v) is 5.31. The lowest BCUT2D eigenvalue weighted by Crippen LogP contribution is -2.47. The molecule has 3 rings (SSSR count). The Bertz CT molecular complexity index is 420. The van der Waals surface area contributed by atoms with E-state index in [2.05, 4.69) is 43.6 Å². The third kappa shape index (κ3) is 2.71. The first-order valence-corrected chi connectivity index (χ1v) is 8.23. The molecule has 0 saturated heterocycles. The minimum atomic E-state index is 0.318. The van der Waals surface area contributed by atoms with E-state index in [4.69, 9.17) is 4.74 Å². The quantitative estimate of drug-likeness (QED) is 0.901. The van der Waals surface area contributed by atoms with E-state index in [-0.39, 0.29) is 0 Å². The molecule has 0 aromatic heterocycles. The number of hydrogen-bond donors (Lipinski definition) is 1. The van der Waals surface area contributed by atoms with E-state index in [9.17, 15) is 0 Å². The Kier molecular flexibility index (Phi) is 4.30. The second-order valence-corrected chi connectivity index (χ2v) is 6.48. The normalized spacial score (nSPS) is 30.6. The maximum absolute atomic E-state index is 6.22. The highest BCUT2D eigenvalue weighted by Crippen LogP contribution is 2.37. The number of para-hydroxylation sites is 1. The van der Waals surface area contributed by atoms with Crippen LogP contribution in [0.4, 0.5) is 0 Å². The minimum absolute atomic E-state index is 0.318. The predicted octanol–water partition coefficient (Wildman–Crippen LogP) is 3.79. The van der Waals surface area contributed by atoms with E-state index in [1.165, 1.54) is 37.7 Å². The average Bonchev–Trinajstić information content (AvgIpc) is 2.91. The van der Waals surface area contributed by atoms with E-state index in [0.29, 0.717) is 12.1 Å². The molecule has 1 fully saturated rings. The molecular weight excluding hydrogens is 246 g/mol. The number of nitrogens with one attached hydrogen (secondary N) is 1. The summed E-state index contributed by atoms with van der Waals surface area (Å²) < 4.78 is 6.22. The Hall–Kier alpha value is -1.02. The first kappa shape index (κ1) is 13.9. The molecule has 0 radical (unpaired) electrons. The van der Waals surface area contributed by atoms with Crippen molar-refractivity contribution in [2.75, 3.05) is 7.05 Å². The molecule has 4 atom stereocenters. The molecule has 1 saturated carbocycles. The molecule has 0 bridgehead atoms. The smallest absolute Gasteiger partial charge is 0.123 e. The summed E-state index contributed by atoms with van der Waals surface area (Å²) in [4.78, 5) is 0. The lowest BCUT2D eigenvalue weighted by atomic mass is 9.75. The van der Waals surface area contributed by atoms with Gasteiger partial charge < -0.3 is 10.1 Å². The Morgan fingerprint density at radius 3 is 2.90 bits per heavy atom. The fraction of sp³-hybridized carbons (Fsp3) is 0.667. The van der Waals surface area contributed by atoms with Crippen molar-refractivity contribution in [2.45, 2.75) is 57.6 Å². The van der Waals surface area contributed by atoms with Gasteiger partial charge in [0, 0.05) is 12.5 Å². The van der Waals surface area contributed by atoms with E-state index < -0.39 is 0 Å². The average molecular weight is 273 g/mol. The van der Waals surface area contributed by atoms with Crippen molar-refractivity contribution in [1.82, 2.24) is 5.32 Å². The Morgan fingerprint density at radius 2 is 2.15 bits per heavy atom. The zero-order valence-corrected chi connectivity index (χ0v) is 12.8. The van der Waals surface area contributed by atoms with Crippen molar-refractivity contribution < 1.29 is 4.74 Å². The van der Waals surface area contributed by atoms with Crippen LogP contribution in [0.5, 0.6) is 5.75 Å². The molecule has 1 N–H and O–H groups in total. The predicted molar refractivity (Wildman–Crippen MR) is 83.1 cm³/mol. The molecule has 1 aromatic carbocycles. The highest BCUT2D eigenvalue weighted by atomic mass is 16.5. The number of ether oxygens (including phenoxy) is 1. The molecule has 20 heavy (non-hydrogen) atoms. The number of rotatable bonds is 4. The second-order valence-electron chi connectivity index (χ2n) is 6.48. The van der Waals surface area contributed by atoms with Gasteiger partial charge >= 0.3 is 0 Å². The van der Waals surface area contributed by atoms with Gasteiger partial charge in [-0.05, 0) is 43.4 Å².